The minimum absolute atomic E-state index is 0.114. The zero-order valence-electron chi connectivity index (χ0n) is 19.5. The Morgan fingerprint density at radius 2 is 2.03 bits per heavy atom. The lowest BCUT2D eigenvalue weighted by Crippen LogP contribution is -2.47. The number of hydrogen-bond acceptors (Lipinski definition) is 8. The normalized spacial score (nSPS) is 18.9. The summed E-state index contributed by atoms with van der Waals surface area (Å²) in [7, 11) is 3.67. The van der Waals surface area contributed by atoms with Crippen LogP contribution in [0.15, 0.2) is 30.5 Å². The molecule has 2 aromatic heterocycles. The van der Waals surface area contributed by atoms with Crippen molar-refractivity contribution in [2.75, 3.05) is 51.4 Å². The maximum Gasteiger partial charge on any atom is 0.291 e. The number of anilines is 3. The molecule has 3 heterocycles. The number of rotatable bonds is 5. The van der Waals surface area contributed by atoms with E-state index >= 15 is 0 Å². The van der Waals surface area contributed by atoms with Gasteiger partial charge in [-0.15, -0.1) is 0 Å². The van der Waals surface area contributed by atoms with Gasteiger partial charge in [0, 0.05) is 43.2 Å². The van der Waals surface area contributed by atoms with Gasteiger partial charge in [0.05, 0.1) is 24.5 Å². The molecule has 5 rings (SSSR count). The number of benzene rings is 1. The van der Waals surface area contributed by atoms with E-state index in [0.717, 1.165) is 54.5 Å². The van der Waals surface area contributed by atoms with Gasteiger partial charge in [-0.2, -0.15) is 5.10 Å². The third-order valence-electron chi connectivity index (χ3n) is 6.65. The summed E-state index contributed by atoms with van der Waals surface area (Å²) in [4.78, 5) is 26.5. The van der Waals surface area contributed by atoms with E-state index < -0.39 is 0 Å². The molecule has 1 saturated heterocycles. The van der Waals surface area contributed by atoms with E-state index in [9.17, 15) is 4.79 Å². The van der Waals surface area contributed by atoms with E-state index in [1.807, 2.05) is 12.1 Å². The molecule has 3 aromatic rings. The molecule has 1 amide bonds. The number of nitrogen functional groups attached to an aromatic ring is 1. The first-order chi connectivity index (χ1) is 16.5. The molecule has 1 fully saturated rings. The zero-order chi connectivity index (χ0) is 23.7. The molecule has 0 saturated carbocycles. The van der Waals surface area contributed by atoms with Gasteiger partial charge >= 0.3 is 0 Å². The van der Waals surface area contributed by atoms with E-state index in [0.29, 0.717) is 30.5 Å². The number of carbonyl (C=O) groups is 1. The summed E-state index contributed by atoms with van der Waals surface area (Å²) < 4.78 is 5.62. The summed E-state index contributed by atoms with van der Waals surface area (Å²) in [6.45, 7) is 2.92. The first kappa shape index (κ1) is 22.1. The van der Waals surface area contributed by atoms with E-state index in [4.69, 9.17) is 15.5 Å². The summed E-state index contributed by atoms with van der Waals surface area (Å²) in [6, 6.07) is 3.83. The van der Waals surface area contributed by atoms with Gasteiger partial charge in [-0.05, 0) is 38.3 Å². The van der Waals surface area contributed by atoms with E-state index in [2.05, 4.69) is 44.6 Å². The van der Waals surface area contributed by atoms with Crippen molar-refractivity contribution in [3.63, 3.8) is 0 Å². The number of aromatic amines is 1. The SMILES string of the molecule is COc1cc2[nH]ncc2cc1Nc1nc(C(=O)N2CCN(C)CC2)nc(N)c1C1CC=CCC1. The minimum Gasteiger partial charge on any atom is -0.494 e. The summed E-state index contributed by atoms with van der Waals surface area (Å²) in [5, 5.41) is 11.4. The predicted octanol–water partition coefficient (Wildman–Crippen LogP) is 2.90. The molecule has 10 nitrogen and oxygen atoms in total. The van der Waals surface area contributed by atoms with Gasteiger partial charge in [-0.3, -0.25) is 9.89 Å². The molecule has 1 atom stereocenters. The summed E-state index contributed by atoms with van der Waals surface area (Å²) in [6.07, 6.45) is 8.87. The van der Waals surface area contributed by atoms with Gasteiger partial charge in [0.1, 0.15) is 17.4 Å². The minimum atomic E-state index is -0.199. The molecular formula is C24H30N8O2. The molecule has 1 aromatic carbocycles. The van der Waals surface area contributed by atoms with Crippen LogP contribution in [0.1, 0.15) is 41.4 Å². The Balaban J connectivity index is 1.55. The van der Waals surface area contributed by atoms with Gasteiger partial charge in [-0.1, -0.05) is 12.2 Å². The quantitative estimate of drug-likeness (QED) is 0.494. The van der Waals surface area contributed by atoms with Crippen LogP contribution in [-0.2, 0) is 0 Å². The molecule has 34 heavy (non-hydrogen) atoms. The van der Waals surface area contributed by atoms with Crippen LogP contribution in [0.4, 0.5) is 17.3 Å². The topological polar surface area (TPSA) is 125 Å². The Hall–Kier alpha value is -3.66. The van der Waals surface area contributed by atoms with Crippen molar-refractivity contribution in [2.24, 2.45) is 0 Å². The summed E-state index contributed by atoms with van der Waals surface area (Å²) in [5.41, 5.74) is 8.93. The highest BCUT2D eigenvalue weighted by atomic mass is 16.5. The fourth-order valence-corrected chi connectivity index (χ4v) is 4.65. The second-order valence-corrected chi connectivity index (χ2v) is 8.91. The number of carbonyl (C=O) groups excluding carboxylic acids is 1. The van der Waals surface area contributed by atoms with Crippen molar-refractivity contribution >= 4 is 34.1 Å². The molecule has 2 aliphatic rings. The number of aromatic nitrogens is 4. The maximum atomic E-state index is 13.3. The van der Waals surface area contributed by atoms with E-state index in [1.54, 1.807) is 18.2 Å². The van der Waals surface area contributed by atoms with Crippen LogP contribution in [0.3, 0.4) is 0 Å². The Kier molecular flexibility index (Phi) is 6.06. The molecule has 10 heteroatoms. The van der Waals surface area contributed by atoms with Crippen LogP contribution in [0.2, 0.25) is 0 Å². The largest absolute Gasteiger partial charge is 0.494 e. The second-order valence-electron chi connectivity index (χ2n) is 8.91. The van der Waals surface area contributed by atoms with Crippen LogP contribution in [0, 0.1) is 0 Å². The van der Waals surface area contributed by atoms with Crippen LogP contribution in [0.25, 0.3) is 10.9 Å². The lowest BCUT2D eigenvalue weighted by molar-refractivity contribution is 0.0652. The van der Waals surface area contributed by atoms with Crippen molar-refractivity contribution in [3.05, 3.63) is 41.9 Å². The molecule has 4 N–H and O–H groups in total. The van der Waals surface area contributed by atoms with Crippen molar-refractivity contribution in [2.45, 2.75) is 25.2 Å². The van der Waals surface area contributed by atoms with Gasteiger partial charge in [0.2, 0.25) is 5.82 Å². The Morgan fingerprint density at radius 1 is 1.21 bits per heavy atom. The number of piperazine rings is 1. The number of likely N-dealkylation sites (N-methyl/N-ethyl adjacent to an activating group) is 1. The third-order valence-corrected chi connectivity index (χ3v) is 6.65. The fraction of sp³-hybridized carbons (Fsp3) is 0.417. The Morgan fingerprint density at radius 3 is 2.76 bits per heavy atom. The molecule has 1 aliphatic heterocycles. The Labute approximate surface area is 198 Å². The Bertz CT molecular complexity index is 1230. The first-order valence-corrected chi connectivity index (χ1v) is 11.6. The van der Waals surface area contributed by atoms with Crippen molar-refractivity contribution in [1.82, 2.24) is 30.0 Å². The van der Waals surface area contributed by atoms with Crippen molar-refractivity contribution in [3.8, 4) is 5.75 Å². The van der Waals surface area contributed by atoms with Gasteiger partial charge in [-0.25, -0.2) is 9.97 Å². The van der Waals surface area contributed by atoms with Crippen LogP contribution >= 0.6 is 0 Å². The number of ether oxygens (including phenoxy) is 1. The van der Waals surface area contributed by atoms with E-state index in [1.165, 1.54) is 0 Å². The van der Waals surface area contributed by atoms with Gasteiger partial charge in [0.25, 0.3) is 5.91 Å². The lowest BCUT2D eigenvalue weighted by Gasteiger charge is -2.32. The number of hydrogen-bond donors (Lipinski definition) is 3. The molecule has 1 aliphatic carbocycles. The molecule has 0 bridgehead atoms. The van der Waals surface area contributed by atoms with Gasteiger partial charge < -0.3 is 25.6 Å². The maximum absolute atomic E-state index is 13.3. The number of nitrogens with two attached hydrogens (primary N) is 1. The third kappa shape index (κ3) is 4.28. The second kappa shape index (κ2) is 9.30. The predicted molar refractivity (Wildman–Crippen MR) is 132 cm³/mol. The van der Waals surface area contributed by atoms with Crippen molar-refractivity contribution in [1.29, 1.82) is 0 Å². The van der Waals surface area contributed by atoms with Crippen LogP contribution in [-0.4, -0.2) is 76.2 Å². The molecular weight excluding hydrogens is 432 g/mol. The smallest absolute Gasteiger partial charge is 0.291 e. The number of methoxy groups -OCH3 is 1. The van der Waals surface area contributed by atoms with Crippen LogP contribution in [0.5, 0.6) is 5.75 Å². The van der Waals surface area contributed by atoms with Gasteiger partial charge in [0.15, 0.2) is 0 Å². The zero-order valence-corrected chi connectivity index (χ0v) is 19.5. The van der Waals surface area contributed by atoms with Crippen LogP contribution < -0.4 is 15.8 Å². The molecule has 178 valence electrons. The fourth-order valence-electron chi connectivity index (χ4n) is 4.65. The molecule has 1 unspecified atom stereocenters. The van der Waals surface area contributed by atoms with E-state index in [-0.39, 0.29) is 17.6 Å². The number of amides is 1. The number of fused-ring (bicyclic) bond motifs is 1. The molecule has 0 radical (unpaired) electrons. The molecule has 0 spiro atoms. The van der Waals surface area contributed by atoms with Crippen molar-refractivity contribution < 1.29 is 9.53 Å². The average Bonchev–Trinajstić information content (AvgIpc) is 3.31. The lowest BCUT2D eigenvalue weighted by atomic mass is 9.88. The highest BCUT2D eigenvalue weighted by Gasteiger charge is 2.28. The monoisotopic (exact) mass is 462 g/mol. The highest BCUT2D eigenvalue weighted by Crippen LogP contribution is 2.39. The summed E-state index contributed by atoms with van der Waals surface area (Å²) >= 11 is 0. The summed E-state index contributed by atoms with van der Waals surface area (Å²) in [5.74, 6) is 1.61. The number of H-pyrrole nitrogens is 1. The standard InChI is InChI=1S/C24H30N8O2/c1-31-8-10-32(11-9-31)24(33)23-28-21(25)20(15-6-4-3-5-7-15)22(29-23)27-18-12-16-14-26-30-17(16)13-19(18)34-2/h3-4,12-15H,5-11H2,1-2H3,(H,26,30)(H3,25,27,28,29). The number of nitrogens with one attached hydrogen (secondary N) is 2. The average molecular weight is 463 g/mol. The number of allylic oxidation sites excluding steroid dienone is 2. The highest BCUT2D eigenvalue weighted by molar-refractivity contribution is 5.92. The first-order valence-electron chi connectivity index (χ1n) is 11.6. The number of nitrogens with zero attached hydrogens (tertiary/aromatic N) is 5.